The smallest absolute Gasteiger partial charge is 0.242 e. The summed E-state index contributed by atoms with van der Waals surface area (Å²) in [6.07, 6.45) is 0. The van der Waals surface area contributed by atoms with Gasteiger partial charge in [0.2, 0.25) is 5.91 Å². The van der Waals surface area contributed by atoms with Gasteiger partial charge in [0.15, 0.2) is 0 Å². The number of anilines is 1. The molecule has 2 heterocycles. The second-order valence-electron chi connectivity index (χ2n) is 4.13. The molecule has 1 aliphatic rings. The molecule has 0 radical (unpaired) electrons. The minimum Gasteiger partial charge on any atom is -0.322 e. The molecule has 3 rings (SSSR count). The molecule has 1 atom stereocenters. The van der Waals surface area contributed by atoms with E-state index < -0.39 is 0 Å². The number of rotatable bonds is 2. The van der Waals surface area contributed by atoms with Crippen LogP contribution in [0.4, 0.5) is 5.69 Å². The number of benzene rings is 1. The Morgan fingerprint density at radius 2 is 2.37 bits per heavy atom. The van der Waals surface area contributed by atoms with E-state index in [9.17, 15) is 4.79 Å². The van der Waals surface area contributed by atoms with E-state index in [2.05, 4.69) is 19.4 Å². The molecule has 1 saturated heterocycles. The molecule has 19 heavy (non-hydrogen) atoms. The van der Waals surface area contributed by atoms with Gasteiger partial charge in [0, 0.05) is 18.1 Å². The van der Waals surface area contributed by atoms with Crippen molar-refractivity contribution in [3.05, 3.63) is 17.2 Å². The fourth-order valence-corrected chi connectivity index (χ4v) is 3.57. The van der Waals surface area contributed by atoms with Crippen molar-refractivity contribution in [2.24, 2.45) is 0 Å². The van der Waals surface area contributed by atoms with Gasteiger partial charge in [-0.2, -0.15) is 20.5 Å². The van der Waals surface area contributed by atoms with Crippen LogP contribution in [0.1, 0.15) is 0 Å². The van der Waals surface area contributed by atoms with Crippen LogP contribution in [0.15, 0.2) is 12.1 Å². The lowest BCUT2D eigenvalue weighted by Crippen LogP contribution is -2.46. The van der Waals surface area contributed by atoms with Gasteiger partial charge in [-0.15, -0.1) is 0 Å². The molecule has 0 aliphatic carbocycles. The monoisotopic (exact) mass is 314 g/mol. The van der Waals surface area contributed by atoms with E-state index in [1.165, 1.54) is 0 Å². The molecule has 2 aromatic rings. The number of aromatic nitrogens is 2. The maximum atomic E-state index is 12.2. The van der Waals surface area contributed by atoms with Gasteiger partial charge in [-0.25, -0.2) is 0 Å². The molecule has 2 N–H and O–H groups in total. The number of carbonyl (C=O) groups is 1. The zero-order valence-electron chi connectivity index (χ0n) is 9.85. The maximum Gasteiger partial charge on any atom is 0.242 e. The maximum absolute atomic E-state index is 12.2. The number of hydrogen-bond donors (Lipinski definition) is 2. The first-order valence-corrected chi connectivity index (χ1v) is 8.05. The second-order valence-corrected chi connectivity index (χ2v) is 6.21. The Kier molecular flexibility index (Phi) is 3.88. The quantitative estimate of drug-likeness (QED) is 0.887. The van der Waals surface area contributed by atoms with Crippen LogP contribution in [0.2, 0.25) is 5.02 Å². The largest absolute Gasteiger partial charge is 0.322 e. The summed E-state index contributed by atoms with van der Waals surface area (Å²) in [4.78, 5) is 12.2. The summed E-state index contributed by atoms with van der Waals surface area (Å²) < 4.78 is 8.32. The first-order valence-electron chi connectivity index (χ1n) is 5.78. The number of nitrogens with one attached hydrogen (secondary N) is 2. The summed E-state index contributed by atoms with van der Waals surface area (Å²) in [5.74, 6) is 1.74. The van der Waals surface area contributed by atoms with Crippen LogP contribution in [0.3, 0.4) is 0 Å². The van der Waals surface area contributed by atoms with Gasteiger partial charge in [-0.05, 0) is 12.1 Å². The number of carbonyl (C=O) groups excluding carboxylic acids is 1. The Morgan fingerprint density at radius 1 is 1.47 bits per heavy atom. The third-order valence-electron chi connectivity index (χ3n) is 2.86. The van der Waals surface area contributed by atoms with Gasteiger partial charge in [-0.3, -0.25) is 4.79 Å². The molecular weight excluding hydrogens is 304 g/mol. The summed E-state index contributed by atoms with van der Waals surface area (Å²) >= 11 is 9.02. The highest BCUT2D eigenvalue weighted by molar-refractivity contribution is 7.99. The van der Waals surface area contributed by atoms with E-state index in [-0.39, 0.29) is 11.9 Å². The van der Waals surface area contributed by atoms with Crippen molar-refractivity contribution in [3.8, 4) is 0 Å². The van der Waals surface area contributed by atoms with Crippen molar-refractivity contribution in [1.82, 2.24) is 14.1 Å². The number of halogens is 1. The van der Waals surface area contributed by atoms with Crippen LogP contribution in [0.25, 0.3) is 11.0 Å². The lowest BCUT2D eigenvalue weighted by molar-refractivity contribution is -0.117. The van der Waals surface area contributed by atoms with E-state index in [0.29, 0.717) is 16.2 Å². The predicted molar refractivity (Wildman–Crippen MR) is 80.2 cm³/mol. The molecule has 1 aliphatic heterocycles. The highest BCUT2D eigenvalue weighted by Gasteiger charge is 2.22. The molecule has 1 fully saturated rings. The molecule has 8 heteroatoms. The molecule has 1 aromatic heterocycles. The number of amides is 1. The Balaban J connectivity index is 1.86. The SMILES string of the molecule is O=C(Nc1c(Cl)ccc2nsnc12)C1CSCCN1. The van der Waals surface area contributed by atoms with Gasteiger partial charge in [0.05, 0.1) is 28.5 Å². The van der Waals surface area contributed by atoms with Gasteiger partial charge in [0.25, 0.3) is 0 Å². The second kappa shape index (κ2) is 5.62. The fraction of sp³-hybridized carbons (Fsp3) is 0.364. The highest BCUT2D eigenvalue weighted by Crippen LogP contribution is 2.30. The fourth-order valence-electron chi connectivity index (χ4n) is 1.89. The summed E-state index contributed by atoms with van der Waals surface area (Å²) in [6.45, 7) is 0.846. The summed E-state index contributed by atoms with van der Waals surface area (Å²) in [7, 11) is 0. The number of fused-ring (bicyclic) bond motifs is 1. The Bertz CT molecular complexity index is 612. The predicted octanol–water partition coefficient (Wildman–Crippen LogP) is 1.99. The summed E-state index contributed by atoms with van der Waals surface area (Å²) in [5.41, 5.74) is 1.94. The molecule has 1 aromatic carbocycles. The van der Waals surface area contributed by atoms with E-state index in [1.807, 2.05) is 0 Å². The summed E-state index contributed by atoms with van der Waals surface area (Å²) in [6, 6.07) is 3.34. The van der Waals surface area contributed by atoms with E-state index in [1.54, 1.807) is 23.9 Å². The average molecular weight is 315 g/mol. The van der Waals surface area contributed by atoms with E-state index >= 15 is 0 Å². The third-order valence-corrected chi connectivity index (χ3v) is 4.78. The Labute approximate surface area is 123 Å². The first kappa shape index (κ1) is 13.1. The average Bonchev–Trinajstić information content (AvgIpc) is 2.91. The van der Waals surface area contributed by atoms with Crippen molar-refractivity contribution in [2.45, 2.75) is 6.04 Å². The van der Waals surface area contributed by atoms with E-state index in [4.69, 9.17) is 11.6 Å². The molecule has 0 spiro atoms. The zero-order chi connectivity index (χ0) is 13.2. The summed E-state index contributed by atoms with van der Waals surface area (Å²) in [5, 5.41) is 6.54. The minimum atomic E-state index is -0.184. The molecule has 0 bridgehead atoms. The van der Waals surface area contributed by atoms with Crippen molar-refractivity contribution >= 4 is 57.7 Å². The van der Waals surface area contributed by atoms with Crippen LogP contribution < -0.4 is 10.6 Å². The lowest BCUT2D eigenvalue weighted by Gasteiger charge is -2.22. The molecule has 100 valence electrons. The lowest BCUT2D eigenvalue weighted by atomic mass is 10.2. The van der Waals surface area contributed by atoms with Crippen LogP contribution in [-0.4, -0.2) is 38.7 Å². The zero-order valence-corrected chi connectivity index (χ0v) is 12.2. The van der Waals surface area contributed by atoms with Crippen molar-refractivity contribution < 1.29 is 4.79 Å². The van der Waals surface area contributed by atoms with Gasteiger partial charge >= 0.3 is 0 Å². The number of nitrogens with zero attached hydrogens (tertiary/aromatic N) is 2. The standard InChI is InChI=1S/C11H11ClN4OS2/c12-6-1-2-7-10(16-19-15-7)9(6)14-11(17)8-5-18-4-3-13-8/h1-2,8,13H,3-5H2,(H,14,17). The molecule has 1 amide bonds. The molecule has 1 unspecified atom stereocenters. The normalized spacial score (nSPS) is 19.5. The van der Waals surface area contributed by atoms with Crippen LogP contribution in [0.5, 0.6) is 0 Å². The minimum absolute atomic E-state index is 0.0744. The number of thioether (sulfide) groups is 1. The molecule has 5 nitrogen and oxygen atoms in total. The first-order chi connectivity index (χ1) is 9.25. The Morgan fingerprint density at radius 3 is 3.16 bits per heavy atom. The topological polar surface area (TPSA) is 66.9 Å². The van der Waals surface area contributed by atoms with Crippen molar-refractivity contribution in [3.63, 3.8) is 0 Å². The van der Waals surface area contributed by atoms with E-state index in [0.717, 1.165) is 35.3 Å². The number of hydrogen-bond acceptors (Lipinski definition) is 6. The van der Waals surface area contributed by atoms with Crippen molar-refractivity contribution in [1.29, 1.82) is 0 Å². The Hall–Kier alpha value is -0.890. The van der Waals surface area contributed by atoms with Crippen LogP contribution in [-0.2, 0) is 4.79 Å². The van der Waals surface area contributed by atoms with Gasteiger partial charge in [-0.1, -0.05) is 11.6 Å². The highest BCUT2D eigenvalue weighted by atomic mass is 35.5. The van der Waals surface area contributed by atoms with Crippen molar-refractivity contribution in [2.75, 3.05) is 23.4 Å². The molecule has 0 saturated carbocycles. The van der Waals surface area contributed by atoms with Crippen LogP contribution >= 0.6 is 35.1 Å². The van der Waals surface area contributed by atoms with Gasteiger partial charge in [0.1, 0.15) is 11.0 Å². The third kappa shape index (κ3) is 2.69. The molecular formula is C11H11ClN4OS2. The van der Waals surface area contributed by atoms with Gasteiger partial charge < -0.3 is 10.6 Å². The van der Waals surface area contributed by atoms with Crippen LogP contribution in [0, 0.1) is 0 Å².